The van der Waals surface area contributed by atoms with E-state index in [0.29, 0.717) is 22.4 Å². The van der Waals surface area contributed by atoms with Gasteiger partial charge in [0, 0.05) is 23.0 Å². The average Bonchev–Trinajstić information content (AvgIpc) is 2.61. The van der Waals surface area contributed by atoms with Crippen LogP contribution in [-0.2, 0) is 0 Å². The third-order valence-corrected chi connectivity index (χ3v) is 3.81. The van der Waals surface area contributed by atoms with Crippen LogP contribution in [0.2, 0.25) is 0 Å². The molecule has 0 spiro atoms. The van der Waals surface area contributed by atoms with E-state index in [1.807, 2.05) is 36.4 Å². The summed E-state index contributed by atoms with van der Waals surface area (Å²) in [6.45, 7) is 0. The zero-order chi connectivity index (χ0) is 16.5. The van der Waals surface area contributed by atoms with Gasteiger partial charge < -0.3 is 9.73 Å². The minimum absolute atomic E-state index is 0.0648. The Hall–Kier alpha value is -3.47. The third-order valence-electron chi connectivity index (χ3n) is 3.81. The fourth-order valence-corrected chi connectivity index (χ4v) is 2.72. The number of nitrogens with zero attached hydrogens (tertiary/aromatic N) is 1. The first-order valence-electron chi connectivity index (χ1n) is 7.45. The Morgan fingerprint density at radius 3 is 2.67 bits per heavy atom. The highest BCUT2D eigenvalue weighted by Gasteiger charge is 2.14. The summed E-state index contributed by atoms with van der Waals surface area (Å²) in [5.41, 5.74) is 0.856. The van der Waals surface area contributed by atoms with E-state index in [9.17, 15) is 4.79 Å². The Morgan fingerprint density at radius 1 is 1.00 bits per heavy atom. The number of nitrogens with one attached hydrogen (secondary N) is 2. The summed E-state index contributed by atoms with van der Waals surface area (Å²) in [5, 5.41) is 13.2. The lowest BCUT2D eigenvalue weighted by Crippen LogP contribution is -2.16. The van der Waals surface area contributed by atoms with Gasteiger partial charge in [0.15, 0.2) is 0 Å². The Labute approximate surface area is 137 Å². The molecule has 2 heterocycles. The molecule has 0 saturated heterocycles. The van der Waals surface area contributed by atoms with Gasteiger partial charge in [0.2, 0.25) is 5.55 Å². The second-order valence-corrected chi connectivity index (χ2v) is 5.36. The number of hydrogen-bond acceptors (Lipinski definition) is 4. The SMILES string of the molecule is N=c1cc(C(=O)Nc2ccccn2)c2ccc3ccccc3c2o1. The maximum atomic E-state index is 12.6. The fraction of sp³-hybridized carbons (Fsp3) is 0. The van der Waals surface area contributed by atoms with Crippen molar-refractivity contribution in [3.05, 3.63) is 78.0 Å². The summed E-state index contributed by atoms with van der Waals surface area (Å²) < 4.78 is 5.59. The van der Waals surface area contributed by atoms with E-state index >= 15 is 0 Å². The van der Waals surface area contributed by atoms with E-state index in [1.54, 1.807) is 24.4 Å². The number of pyridine rings is 1. The fourth-order valence-electron chi connectivity index (χ4n) is 2.72. The van der Waals surface area contributed by atoms with Crippen LogP contribution in [0.5, 0.6) is 0 Å². The number of anilines is 1. The zero-order valence-electron chi connectivity index (χ0n) is 12.6. The van der Waals surface area contributed by atoms with Crippen LogP contribution in [0.3, 0.4) is 0 Å². The summed E-state index contributed by atoms with van der Waals surface area (Å²) >= 11 is 0. The van der Waals surface area contributed by atoms with E-state index < -0.39 is 0 Å². The number of benzene rings is 2. The second-order valence-electron chi connectivity index (χ2n) is 5.36. The molecule has 2 aromatic heterocycles. The molecule has 0 aliphatic heterocycles. The smallest absolute Gasteiger partial charge is 0.257 e. The zero-order valence-corrected chi connectivity index (χ0v) is 12.6. The molecule has 0 unspecified atom stereocenters. The van der Waals surface area contributed by atoms with Gasteiger partial charge in [-0.05, 0) is 23.6 Å². The summed E-state index contributed by atoms with van der Waals surface area (Å²) in [6.07, 6.45) is 1.61. The van der Waals surface area contributed by atoms with Crippen molar-refractivity contribution in [2.24, 2.45) is 0 Å². The van der Waals surface area contributed by atoms with Crippen molar-refractivity contribution in [1.29, 1.82) is 5.41 Å². The van der Waals surface area contributed by atoms with E-state index in [-0.39, 0.29) is 11.5 Å². The van der Waals surface area contributed by atoms with Gasteiger partial charge in [0.05, 0.1) is 5.56 Å². The van der Waals surface area contributed by atoms with Gasteiger partial charge in [0.1, 0.15) is 11.4 Å². The highest BCUT2D eigenvalue weighted by Crippen LogP contribution is 2.26. The number of rotatable bonds is 2. The molecule has 0 atom stereocenters. The van der Waals surface area contributed by atoms with Crippen molar-refractivity contribution in [3.63, 3.8) is 0 Å². The van der Waals surface area contributed by atoms with Gasteiger partial charge in [-0.2, -0.15) is 0 Å². The molecule has 0 radical (unpaired) electrons. The number of carbonyl (C=O) groups excluding carboxylic acids is 1. The van der Waals surface area contributed by atoms with Gasteiger partial charge in [-0.25, -0.2) is 4.98 Å². The number of aromatic nitrogens is 1. The van der Waals surface area contributed by atoms with E-state index in [0.717, 1.165) is 10.8 Å². The van der Waals surface area contributed by atoms with E-state index in [1.165, 1.54) is 6.07 Å². The lowest BCUT2D eigenvalue weighted by Gasteiger charge is -2.08. The van der Waals surface area contributed by atoms with Crippen molar-refractivity contribution in [1.82, 2.24) is 4.98 Å². The highest BCUT2D eigenvalue weighted by atomic mass is 16.3. The second kappa shape index (κ2) is 5.62. The third kappa shape index (κ3) is 2.42. The highest BCUT2D eigenvalue weighted by molar-refractivity contribution is 6.15. The number of fused-ring (bicyclic) bond motifs is 3. The molecule has 2 aromatic carbocycles. The van der Waals surface area contributed by atoms with Crippen molar-refractivity contribution in [2.75, 3.05) is 5.32 Å². The summed E-state index contributed by atoms with van der Waals surface area (Å²) in [5.74, 6) is 0.141. The normalized spacial score (nSPS) is 10.8. The van der Waals surface area contributed by atoms with Gasteiger partial charge in [-0.1, -0.05) is 36.4 Å². The Kier molecular flexibility index (Phi) is 3.31. The summed E-state index contributed by atoms with van der Waals surface area (Å²) in [6, 6.07) is 18.2. The molecule has 0 bridgehead atoms. The van der Waals surface area contributed by atoms with Crippen LogP contribution in [0, 0.1) is 5.41 Å². The Balaban J connectivity index is 1.90. The first-order chi connectivity index (χ1) is 11.7. The first-order valence-corrected chi connectivity index (χ1v) is 7.45. The molecule has 4 rings (SSSR count). The van der Waals surface area contributed by atoms with Gasteiger partial charge in [-0.15, -0.1) is 0 Å². The van der Waals surface area contributed by atoms with Crippen LogP contribution in [0.15, 0.2) is 71.3 Å². The van der Waals surface area contributed by atoms with E-state index in [4.69, 9.17) is 9.83 Å². The molecule has 116 valence electrons. The summed E-state index contributed by atoms with van der Waals surface area (Å²) in [4.78, 5) is 16.7. The predicted octanol–water partition coefficient (Wildman–Crippen LogP) is 3.71. The Bertz CT molecular complexity index is 1120. The summed E-state index contributed by atoms with van der Waals surface area (Å²) in [7, 11) is 0. The lowest BCUT2D eigenvalue weighted by atomic mass is 10.0. The molecular formula is C19H13N3O2. The van der Waals surface area contributed by atoms with Crippen LogP contribution in [0.4, 0.5) is 5.82 Å². The van der Waals surface area contributed by atoms with Crippen molar-refractivity contribution < 1.29 is 9.21 Å². The van der Waals surface area contributed by atoms with Crippen LogP contribution >= 0.6 is 0 Å². The molecule has 5 heteroatoms. The molecule has 2 N–H and O–H groups in total. The molecule has 0 aliphatic rings. The minimum Gasteiger partial charge on any atom is -0.438 e. The van der Waals surface area contributed by atoms with Crippen molar-refractivity contribution in [3.8, 4) is 0 Å². The maximum absolute atomic E-state index is 12.6. The van der Waals surface area contributed by atoms with Gasteiger partial charge in [0.25, 0.3) is 5.91 Å². The monoisotopic (exact) mass is 315 g/mol. The molecule has 1 amide bonds. The molecule has 0 fully saturated rings. The van der Waals surface area contributed by atoms with Gasteiger partial charge >= 0.3 is 0 Å². The largest absolute Gasteiger partial charge is 0.438 e. The molecular weight excluding hydrogens is 302 g/mol. The van der Waals surface area contributed by atoms with E-state index in [2.05, 4.69) is 10.3 Å². The topological polar surface area (TPSA) is 79.0 Å². The van der Waals surface area contributed by atoms with Crippen LogP contribution in [0.25, 0.3) is 21.7 Å². The number of amides is 1. The van der Waals surface area contributed by atoms with Crippen molar-refractivity contribution in [2.45, 2.75) is 0 Å². The molecule has 5 nitrogen and oxygen atoms in total. The molecule has 24 heavy (non-hydrogen) atoms. The first kappa shape index (κ1) is 14.1. The van der Waals surface area contributed by atoms with Crippen LogP contribution in [0.1, 0.15) is 10.4 Å². The standard InChI is InChI=1S/C19H13N3O2/c20-16-11-15(19(23)22-17-7-3-4-10-21-17)14-9-8-12-5-1-2-6-13(12)18(14)24-16/h1-11,20H,(H,21,22,23). The lowest BCUT2D eigenvalue weighted by molar-refractivity contribution is 0.102. The quantitative estimate of drug-likeness (QED) is 0.553. The van der Waals surface area contributed by atoms with Gasteiger partial charge in [-0.3, -0.25) is 10.2 Å². The average molecular weight is 315 g/mol. The molecule has 0 saturated carbocycles. The maximum Gasteiger partial charge on any atom is 0.257 e. The van der Waals surface area contributed by atoms with Crippen molar-refractivity contribution >= 4 is 33.5 Å². The molecule has 4 aromatic rings. The number of hydrogen-bond donors (Lipinski definition) is 2. The minimum atomic E-state index is -0.321. The molecule has 0 aliphatic carbocycles. The van der Waals surface area contributed by atoms with Crippen LogP contribution < -0.4 is 10.9 Å². The Morgan fingerprint density at radius 2 is 1.83 bits per heavy atom. The number of carbonyl (C=O) groups is 1. The van der Waals surface area contributed by atoms with Crippen LogP contribution in [-0.4, -0.2) is 10.9 Å². The predicted molar refractivity (Wildman–Crippen MR) is 91.8 cm³/mol.